The van der Waals surface area contributed by atoms with Gasteiger partial charge in [0.1, 0.15) is 0 Å². The van der Waals surface area contributed by atoms with Gasteiger partial charge in [-0.15, -0.1) is 0 Å². The summed E-state index contributed by atoms with van der Waals surface area (Å²) in [4.78, 5) is 12.0. The van der Waals surface area contributed by atoms with Crippen molar-refractivity contribution < 1.29 is 13.7 Å². The highest BCUT2D eigenvalue weighted by atomic mass is 32.2. The highest BCUT2D eigenvalue weighted by Crippen LogP contribution is 2.15. The van der Waals surface area contributed by atoms with E-state index in [1.165, 1.54) is 0 Å². The van der Waals surface area contributed by atoms with E-state index in [1.54, 1.807) is 6.92 Å². The number of carbonyl (C=O) groups is 1. The van der Waals surface area contributed by atoms with Crippen molar-refractivity contribution in [3.05, 3.63) is 29.3 Å². The molecule has 1 atom stereocenters. The number of rotatable bonds is 5. The average molecular weight is 254 g/mol. The first kappa shape index (κ1) is 13.9. The number of benzene rings is 1. The van der Waals surface area contributed by atoms with Gasteiger partial charge < -0.3 is 4.74 Å². The molecule has 0 heterocycles. The molecule has 4 heteroatoms. The van der Waals surface area contributed by atoms with Gasteiger partial charge >= 0.3 is 5.97 Å². The second-order valence-electron chi connectivity index (χ2n) is 3.87. The second-order valence-corrected chi connectivity index (χ2v) is 5.41. The largest absolute Gasteiger partial charge is 0.466 e. The van der Waals surface area contributed by atoms with Gasteiger partial charge in [-0.25, -0.2) is 0 Å². The summed E-state index contributed by atoms with van der Waals surface area (Å²) >= 11 is 0. The lowest BCUT2D eigenvalue weighted by molar-refractivity contribution is -0.142. The maximum Gasteiger partial charge on any atom is 0.306 e. The van der Waals surface area contributed by atoms with Gasteiger partial charge in [-0.2, -0.15) is 0 Å². The van der Waals surface area contributed by atoms with E-state index in [0.29, 0.717) is 12.4 Å². The van der Waals surface area contributed by atoms with Gasteiger partial charge in [0.2, 0.25) is 0 Å². The predicted molar refractivity (Wildman–Crippen MR) is 68.4 cm³/mol. The van der Waals surface area contributed by atoms with Crippen LogP contribution in [0.5, 0.6) is 0 Å². The minimum absolute atomic E-state index is 0.202. The third-order valence-corrected chi connectivity index (χ3v) is 3.89. The van der Waals surface area contributed by atoms with Crippen LogP contribution in [0, 0.1) is 13.8 Å². The van der Waals surface area contributed by atoms with Crippen molar-refractivity contribution in [2.75, 3.05) is 12.4 Å². The Morgan fingerprint density at radius 2 is 2.06 bits per heavy atom. The van der Waals surface area contributed by atoms with E-state index in [0.717, 1.165) is 16.0 Å². The van der Waals surface area contributed by atoms with Gasteiger partial charge in [0.15, 0.2) is 0 Å². The van der Waals surface area contributed by atoms with Crippen molar-refractivity contribution in [2.24, 2.45) is 0 Å². The van der Waals surface area contributed by atoms with Crippen molar-refractivity contribution >= 4 is 16.8 Å². The predicted octanol–water partition coefficient (Wildman–Crippen LogP) is 2.36. The van der Waals surface area contributed by atoms with Gasteiger partial charge in [-0.05, 0) is 38.0 Å². The lowest BCUT2D eigenvalue weighted by Crippen LogP contribution is -2.10. The maximum absolute atomic E-state index is 12.0. The zero-order chi connectivity index (χ0) is 12.8. The summed E-state index contributed by atoms with van der Waals surface area (Å²) in [5.41, 5.74) is 2.08. The van der Waals surface area contributed by atoms with Gasteiger partial charge in [-0.3, -0.25) is 9.00 Å². The van der Waals surface area contributed by atoms with Gasteiger partial charge in [0, 0.05) is 10.6 Å². The fourth-order valence-electron chi connectivity index (χ4n) is 1.47. The first-order chi connectivity index (χ1) is 8.04. The van der Waals surface area contributed by atoms with Crippen LogP contribution in [0.15, 0.2) is 23.1 Å². The Morgan fingerprint density at radius 1 is 1.35 bits per heavy atom. The lowest BCUT2D eigenvalue weighted by Gasteiger charge is -2.07. The molecule has 0 aliphatic rings. The molecule has 0 N–H and O–H groups in total. The van der Waals surface area contributed by atoms with Crippen molar-refractivity contribution in [3.8, 4) is 0 Å². The normalized spacial score (nSPS) is 12.2. The van der Waals surface area contributed by atoms with Crippen molar-refractivity contribution in [1.82, 2.24) is 0 Å². The molecule has 1 aromatic rings. The number of ether oxygens (including phenoxy) is 1. The fraction of sp³-hybridized carbons (Fsp3) is 0.462. The molecule has 0 radical (unpaired) electrons. The lowest BCUT2D eigenvalue weighted by atomic mass is 10.2. The van der Waals surface area contributed by atoms with Crippen LogP contribution in [0.4, 0.5) is 0 Å². The third kappa shape index (κ3) is 4.30. The van der Waals surface area contributed by atoms with Crippen molar-refractivity contribution in [1.29, 1.82) is 0 Å². The molecule has 0 spiro atoms. The van der Waals surface area contributed by atoms with Crippen LogP contribution in [0.1, 0.15) is 24.5 Å². The topological polar surface area (TPSA) is 43.4 Å². The molecule has 0 amide bonds. The zero-order valence-electron chi connectivity index (χ0n) is 10.5. The van der Waals surface area contributed by atoms with E-state index in [4.69, 9.17) is 4.74 Å². The average Bonchev–Trinajstić information content (AvgIpc) is 2.29. The standard InChI is InChI=1S/C13H18O3S/c1-4-16-13(14)7-8-17(15)12-9-10(2)5-6-11(12)3/h5-6,9H,4,7-8H2,1-3H3. The van der Waals surface area contributed by atoms with Crippen LogP contribution < -0.4 is 0 Å². The Bertz CT molecular complexity index is 427. The van der Waals surface area contributed by atoms with Crippen molar-refractivity contribution in [2.45, 2.75) is 32.1 Å². The summed E-state index contributed by atoms with van der Waals surface area (Å²) in [7, 11) is -1.13. The Hall–Kier alpha value is -1.16. The summed E-state index contributed by atoms with van der Waals surface area (Å²) in [6, 6.07) is 5.85. The summed E-state index contributed by atoms with van der Waals surface area (Å²) in [6.07, 6.45) is 0.202. The summed E-state index contributed by atoms with van der Waals surface area (Å²) in [6.45, 7) is 6.02. The van der Waals surface area contributed by atoms with E-state index >= 15 is 0 Å². The number of hydrogen-bond donors (Lipinski definition) is 0. The highest BCUT2D eigenvalue weighted by molar-refractivity contribution is 7.85. The number of carbonyl (C=O) groups excluding carboxylic acids is 1. The Morgan fingerprint density at radius 3 is 2.71 bits per heavy atom. The molecule has 1 aromatic carbocycles. The summed E-state index contributed by atoms with van der Waals surface area (Å²) in [5.74, 6) is 0.0366. The first-order valence-corrected chi connectivity index (χ1v) is 6.97. The minimum atomic E-state index is -1.13. The summed E-state index contributed by atoms with van der Waals surface area (Å²) in [5, 5.41) is 0. The van der Waals surface area contributed by atoms with Crippen LogP contribution in [-0.2, 0) is 20.3 Å². The number of hydrogen-bond acceptors (Lipinski definition) is 3. The molecule has 0 aliphatic carbocycles. The van der Waals surface area contributed by atoms with Crippen LogP contribution >= 0.6 is 0 Å². The number of aryl methyl sites for hydroxylation is 2. The van der Waals surface area contributed by atoms with E-state index in [1.807, 2.05) is 32.0 Å². The highest BCUT2D eigenvalue weighted by Gasteiger charge is 2.10. The van der Waals surface area contributed by atoms with Crippen LogP contribution in [0.3, 0.4) is 0 Å². The number of esters is 1. The van der Waals surface area contributed by atoms with E-state index < -0.39 is 10.8 Å². The van der Waals surface area contributed by atoms with E-state index in [-0.39, 0.29) is 12.4 Å². The fourth-order valence-corrected chi connectivity index (χ4v) is 2.79. The zero-order valence-corrected chi connectivity index (χ0v) is 11.3. The SMILES string of the molecule is CCOC(=O)CCS(=O)c1cc(C)ccc1C. The molecular weight excluding hydrogens is 236 g/mol. The second kappa shape index (κ2) is 6.55. The van der Waals surface area contributed by atoms with Crippen molar-refractivity contribution in [3.63, 3.8) is 0 Å². The molecule has 0 aromatic heterocycles. The van der Waals surface area contributed by atoms with Crippen LogP contribution in [0.25, 0.3) is 0 Å². The van der Waals surface area contributed by atoms with Gasteiger partial charge in [-0.1, -0.05) is 12.1 Å². The van der Waals surface area contributed by atoms with Gasteiger partial charge in [0.25, 0.3) is 0 Å². The quantitative estimate of drug-likeness (QED) is 0.758. The molecule has 1 rings (SSSR count). The Balaban J connectivity index is 2.64. The van der Waals surface area contributed by atoms with E-state index in [9.17, 15) is 9.00 Å². The Labute approximate surface area is 105 Å². The molecule has 0 bridgehead atoms. The minimum Gasteiger partial charge on any atom is -0.466 e. The van der Waals surface area contributed by atoms with Crippen LogP contribution in [0.2, 0.25) is 0 Å². The molecule has 0 saturated heterocycles. The maximum atomic E-state index is 12.0. The molecule has 94 valence electrons. The van der Waals surface area contributed by atoms with Crippen LogP contribution in [-0.4, -0.2) is 22.5 Å². The molecule has 0 aliphatic heterocycles. The molecule has 1 unspecified atom stereocenters. The first-order valence-electron chi connectivity index (χ1n) is 5.66. The molecular formula is C13H18O3S. The third-order valence-electron chi connectivity index (χ3n) is 2.39. The summed E-state index contributed by atoms with van der Waals surface area (Å²) < 4.78 is 16.8. The molecule has 0 fully saturated rings. The molecule has 0 saturated carbocycles. The molecule has 3 nitrogen and oxygen atoms in total. The molecule has 17 heavy (non-hydrogen) atoms. The monoisotopic (exact) mass is 254 g/mol. The Kier molecular flexibility index (Phi) is 5.35. The van der Waals surface area contributed by atoms with E-state index in [2.05, 4.69) is 0 Å². The van der Waals surface area contributed by atoms with Gasteiger partial charge in [0.05, 0.1) is 23.8 Å². The smallest absolute Gasteiger partial charge is 0.306 e.